The fraction of sp³-hybridized carbons (Fsp3) is 0.556. The normalized spacial score (nSPS) is 9.47. The average Bonchev–Trinajstić information content (AvgIpc) is 2.52. The van der Waals surface area contributed by atoms with Gasteiger partial charge in [0.1, 0.15) is 25.4 Å². The first kappa shape index (κ1) is 14.1. The van der Waals surface area contributed by atoms with Crippen LogP contribution in [0.4, 0.5) is 0 Å². The van der Waals surface area contributed by atoms with E-state index < -0.39 is 0 Å². The Kier molecular flexibility index (Phi) is 6.98. The Bertz CT molecular complexity index is 301. The molecule has 1 aromatic rings. The zero-order valence-electron chi connectivity index (χ0n) is 8.83. The second-order valence-corrected chi connectivity index (χ2v) is 2.91. The summed E-state index contributed by atoms with van der Waals surface area (Å²) in [5, 5.41) is 0. The summed E-state index contributed by atoms with van der Waals surface area (Å²) in [6, 6.07) is 0. The van der Waals surface area contributed by atoms with Crippen LogP contribution in [0.5, 0.6) is 0 Å². The fourth-order valence-electron chi connectivity index (χ4n) is 1.04. The van der Waals surface area contributed by atoms with E-state index in [0.717, 1.165) is 5.82 Å². The third kappa shape index (κ3) is 4.94. The molecule has 0 saturated carbocycles. The van der Waals surface area contributed by atoms with Gasteiger partial charge in [0.2, 0.25) is 0 Å². The summed E-state index contributed by atoms with van der Waals surface area (Å²) in [4.78, 5) is 14.2. The van der Waals surface area contributed by atoms with Crippen molar-refractivity contribution in [3.63, 3.8) is 0 Å². The molecule has 15 heavy (non-hydrogen) atoms. The van der Waals surface area contributed by atoms with Gasteiger partial charge in [-0.15, -0.1) is 0 Å². The largest absolute Gasteiger partial charge is 1.00 e. The van der Waals surface area contributed by atoms with E-state index >= 15 is 0 Å². The van der Waals surface area contributed by atoms with Crippen molar-refractivity contribution in [1.29, 1.82) is 0 Å². The number of esters is 1. The summed E-state index contributed by atoms with van der Waals surface area (Å²) >= 11 is 0. The number of aryl methyl sites for hydroxylation is 1. The van der Waals surface area contributed by atoms with Crippen LogP contribution in [0.15, 0.2) is 12.4 Å². The number of aromatic nitrogens is 2. The molecule has 0 aliphatic carbocycles. The van der Waals surface area contributed by atoms with Crippen LogP contribution in [0, 0.1) is 0 Å². The average molecular weight is 279 g/mol. The zero-order chi connectivity index (χ0) is 10.4. The molecule has 0 saturated heterocycles. The van der Waals surface area contributed by atoms with E-state index in [9.17, 15) is 4.79 Å². The van der Waals surface area contributed by atoms with Gasteiger partial charge < -0.3 is 26.5 Å². The molecular formula is C9H15BrN2O3. The lowest BCUT2D eigenvalue weighted by Crippen LogP contribution is -3.00. The maximum atomic E-state index is 11.2. The molecule has 0 fully saturated rings. The van der Waals surface area contributed by atoms with E-state index in [0.29, 0.717) is 13.2 Å². The number of nitrogens with one attached hydrogen (secondary N) is 1. The van der Waals surface area contributed by atoms with Crippen molar-refractivity contribution in [3.05, 3.63) is 18.2 Å². The molecule has 0 amide bonds. The van der Waals surface area contributed by atoms with Crippen molar-refractivity contribution in [2.24, 2.45) is 7.05 Å². The molecule has 6 heteroatoms. The summed E-state index contributed by atoms with van der Waals surface area (Å²) in [5.74, 6) is 0.576. The number of carbonyl (C=O) groups excluding carboxylic acids is 1. The summed E-state index contributed by atoms with van der Waals surface area (Å²) in [6.07, 6.45) is 3.88. The maximum Gasteiger partial charge on any atom is 0.318 e. The van der Waals surface area contributed by atoms with E-state index in [1.54, 1.807) is 13.3 Å². The highest BCUT2D eigenvalue weighted by atomic mass is 79.9. The van der Waals surface area contributed by atoms with Gasteiger partial charge in [-0.05, 0) is 0 Å². The Labute approximate surface area is 99.2 Å². The van der Waals surface area contributed by atoms with Gasteiger partial charge in [-0.25, -0.2) is 9.55 Å². The lowest BCUT2D eigenvalue weighted by Gasteiger charge is -2.01. The number of aromatic amines is 1. The molecule has 0 aromatic carbocycles. The second kappa shape index (κ2) is 7.42. The smallest absolute Gasteiger partial charge is 0.318 e. The predicted octanol–water partition coefficient (Wildman–Crippen LogP) is -3.42. The molecule has 1 N–H and O–H groups in total. The van der Waals surface area contributed by atoms with E-state index in [4.69, 9.17) is 9.47 Å². The lowest BCUT2D eigenvalue weighted by molar-refractivity contribution is -0.677. The number of H-pyrrole nitrogens is 1. The number of nitrogens with zero attached hydrogens (tertiary/aromatic N) is 1. The third-order valence-corrected chi connectivity index (χ3v) is 1.84. The minimum Gasteiger partial charge on any atom is -1.00 e. The summed E-state index contributed by atoms with van der Waals surface area (Å²) in [7, 11) is 3.44. The number of methoxy groups -OCH3 is 1. The van der Waals surface area contributed by atoms with Crippen LogP contribution in [0.3, 0.4) is 0 Å². The van der Waals surface area contributed by atoms with Gasteiger partial charge in [-0.2, -0.15) is 0 Å². The summed E-state index contributed by atoms with van der Waals surface area (Å²) in [6.45, 7) is 0.738. The Morgan fingerprint density at radius 2 is 2.27 bits per heavy atom. The fourth-order valence-corrected chi connectivity index (χ4v) is 1.04. The van der Waals surface area contributed by atoms with Crippen LogP contribution < -0.4 is 21.5 Å². The monoisotopic (exact) mass is 278 g/mol. The molecule has 1 heterocycles. The molecule has 5 nitrogen and oxygen atoms in total. The molecule has 86 valence electrons. The number of hydrogen-bond acceptors (Lipinski definition) is 3. The molecular weight excluding hydrogens is 264 g/mol. The predicted molar refractivity (Wildman–Crippen MR) is 48.5 cm³/mol. The highest BCUT2D eigenvalue weighted by Crippen LogP contribution is 1.90. The van der Waals surface area contributed by atoms with E-state index in [1.807, 2.05) is 17.8 Å². The van der Waals surface area contributed by atoms with Crippen LogP contribution in [0.1, 0.15) is 5.82 Å². The standard InChI is InChI=1S/C9H14N2O3.BrH/c1-11-4-3-10-8(11)7-9(12)14-6-5-13-2;/h3-4H,5-7H2,1-2H3;1H. The van der Waals surface area contributed by atoms with Gasteiger partial charge in [0.25, 0.3) is 5.82 Å². The number of imidazole rings is 1. The minimum absolute atomic E-state index is 0. The molecule has 0 radical (unpaired) electrons. The van der Waals surface area contributed by atoms with E-state index in [1.165, 1.54) is 0 Å². The highest BCUT2D eigenvalue weighted by Gasteiger charge is 2.13. The Hall–Kier alpha value is -0.880. The first-order valence-electron chi connectivity index (χ1n) is 4.40. The van der Waals surface area contributed by atoms with Crippen LogP contribution in [0.25, 0.3) is 0 Å². The van der Waals surface area contributed by atoms with Crippen LogP contribution in [0.2, 0.25) is 0 Å². The summed E-state index contributed by atoms with van der Waals surface area (Å²) < 4.78 is 11.5. The number of halogens is 1. The molecule has 0 aliphatic heterocycles. The minimum atomic E-state index is -0.250. The van der Waals surface area contributed by atoms with Crippen molar-refractivity contribution >= 4 is 5.97 Å². The summed E-state index contributed by atoms with van der Waals surface area (Å²) in [5.41, 5.74) is 0. The van der Waals surface area contributed by atoms with Crippen molar-refractivity contribution < 1.29 is 35.8 Å². The van der Waals surface area contributed by atoms with E-state index in [2.05, 4.69) is 4.98 Å². The Balaban J connectivity index is 0.00000196. The quantitative estimate of drug-likeness (QED) is 0.347. The van der Waals surface area contributed by atoms with Crippen molar-refractivity contribution in [3.8, 4) is 0 Å². The van der Waals surface area contributed by atoms with Crippen molar-refractivity contribution in [2.45, 2.75) is 6.42 Å². The number of carbonyl (C=O) groups is 1. The van der Waals surface area contributed by atoms with Crippen LogP contribution in [-0.4, -0.2) is 31.3 Å². The number of hydrogen-bond donors (Lipinski definition) is 1. The van der Waals surface area contributed by atoms with Gasteiger partial charge in [-0.3, -0.25) is 4.79 Å². The topological polar surface area (TPSA) is 55.2 Å². The Morgan fingerprint density at radius 3 is 2.80 bits per heavy atom. The van der Waals surface area contributed by atoms with Gasteiger partial charge in [0.15, 0.2) is 0 Å². The molecule has 1 rings (SSSR count). The van der Waals surface area contributed by atoms with Gasteiger partial charge in [0, 0.05) is 7.11 Å². The van der Waals surface area contributed by atoms with Crippen LogP contribution in [-0.2, 0) is 27.7 Å². The Morgan fingerprint density at radius 1 is 1.53 bits per heavy atom. The van der Waals surface area contributed by atoms with Gasteiger partial charge in [0.05, 0.1) is 13.7 Å². The maximum absolute atomic E-state index is 11.2. The van der Waals surface area contributed by atoms with Crippen LogP contribution >= 0.6 is 0 Å². The highest BCUT2D eigenvalue weighted by molar-refractivity contribution is 5.71. The lowest BCUT2D eigenvalue weighted by atomic mass is 10.4. The molecule has 0 atom stereocenters. The first-order chi connectivity index (χ1) is 6.74. The molecule has 0 unspecified atom stereocenters. The first-order valence-corrected chi connectivity index (χ1v) is 4.40. The van der Waals surface area contributed by atoms with Gasteiger partial charge in [-0.1, -0.05) is 0 Å². The van der Waals surface area contributed by atoms with E-state index in [-0.39, 0.29) is 29.4 Å². The second-order valence-electron chi connectivity index (χ2n) is 2.91. The van der Waals surface area contributed by atoms with Gasteiger partial charge >= 0.3 is 5.97 Å². The van der Waals surface area contributed by atoms with Crippen molar-refractivity contribution in [1.82, 2.24) is 4.98 Å². The number of ether oxygens (including phenoxy) is 2. The molecule has 0 spiro atoms. The zero-order valence-corrected chi connectivity index (χ0v) is 10.4. The third-order valence-electron chi connectivity index (χ3n) is 1.84. The SMILES string of the molecule is COCCOC(=O)Cc1[nH]cc[n+]1C.[Br-]. The van der Waals surface area contributed by atoms with Crippen molar-refractivity contribution in [2.75, 3.05) is 20.3 Å². The number of rotatable bonds is 5. The molecule has 1 aromatic heterocycles. The molecule has 0 bridgehead atoms. The molecule has 0 aliphatic rings.